The minimum absolute atomic E-state index is 0.106. The van der Waals surface area contributed by atoms with Crippen LogP contribution in [0.1, 0.15) is 37.6 Å². The summed E-state index contributed by atoms with van der Waals surface area (Å²) in [6.45, 7) is 11.7. The second kappa shape index (κ2) is 7.36. The third-order valence-corrected chi connectivity index (χ3v) is 2.68. The smallest absolute Gasteiger partial charge is 0.338 e. The predicted molar refractivity (Wildman–Crippen MR) is 82.0 cm³/mol. The van der Waals surface area contributed by atoms with E-state index < -0.39 is 11.9 Å². The first-order valence-corrected chi connectivity index (χ1v) is 6.68. The third kappa shape index (κ3) is 4.41. The van der Waals surface area contributed by atoms with Gasteiger partial charge in [-0.15, -0.1) is 0 Å². The van der Waals surface area contributed by atoms with Crippen LogP contribution in [0.2, 0.25) is 0 Å². The number of hydrogen-bond donors (Lipinski definition) is 0. The van der Waals surface area contributed by atoms with Crippen LogP contribution < -0.4 is 9.47 Å². The van der Waals surface area contributed by atoms with E-state index in [-0.39, 0.29) is 40.4 Å². The zero-order valence-electron chi connectivity index (χ0n) is 12.9. The number of ether oxygens (including phenoxy) is 2. The van der Waals surface area contributed by atoms with Crippen LogP contribution in [0, 0.1) is 0 Å². The van der Waals surface area contributed by atoms with Gasteiger partial charge in [-0.2, -0.15) is 0 Å². The zero-order valence-corrected chi connectivity index (χ0v) is 12.9. The van der Waals surface area contributed by atoms with Gasteiger partial charge >= 0.3 is 11.9 Å². The summed E-state index contributed by atoms with van der Waals surface area (Å²) in [6, 6.07) is 4.22. The highest BCUT2D eigenvalue weighted by molar-refractivity contribution is 6.00. The van der Waals surface area contributed by atoms with E-state index in [4.69, 9.17) is 9.47 Å². The van der Waals surface area contributed by atoms with E-state index in [0.717, 1.165) is 0 Å². The molecule has 1 aromatic carbocycles. The van der Waals surface area contributed by atoms with E-state index in [0.29, 0.717) is 0 Å². The fraction of sp³-hybridized carbons (Fsp3) is 0.235. The van der Waals surface area contributed by atoms with Crippen LogP contribution in [0.4, 0.5) is 0 Å². The molecule has 0 heterocycles. The molecule has 0 atom stereocenters. The highest BCUT2D eigenvalue weighted by Gasteiger charge is 2.17. The van der Waals surface area contributed by atoms with Gasteiger partial charge in [-0.3, -0.25) is 4.79 Å². The first-order chi connectivity index (χ1) is 10.3. The molecule has 0 spiro atoms. The molecule has 0 amide bonds. The minimum atomic E-state index is -0.628. The van der Waals surface area contributed by atoms with Crippen LogP contribution in [0.5, 0.6) is 11.5 Å². The Morgan fingerprint density at radius 3 is 2.05 bits per heavy atom. The number of Topliss-reactive ketones (excluding diaryl/α,β-unsaturated/α-hetero) is 1. The van der Waals surface area contributed by atoms with Crippen LogP contribution in [-0.2, 0) is 9.59 Å². The van der Waals surface area contributed by atoms with Crippen molar-refractivity contribution in [3.8, 4) is 11.5 Å². The molecule has 0 bridgehead atoms. The SMILES string of the molecule is C=C(C)C(=O)Oc1ccc(OC(=O)C(=C)C)c(C(=O)CC)c1. The van der Waals surface area contributed by atoms with Crippen LogP contribution in [0.15, 0.2) is 42.5 Å². The van der Waals surface area contributed by atoms with E-state index >= 15 is 0 Å². The number of carbonyl (C=O) groups is 3. The lowest BCUT2D eigenvalue weighted by Crippen LogP contribution is -2.13. The Hall–Kier alpha value is -2.69. The van der Waals surface area contributed by atoms with Gasteiger partial charge in [0, 0.05) is 17.6 Å². The number of carbonyl (C=O) groups excluding carboxylic acids is 3. The highest BCUT2D eigenvalue weighted by Crippen LogP contribution is 2.26. The Morgan fingerprint density at radius 2 is 1.55 bits per heavy atom. The maximum absolute atomic E-state index is 12.0. The second-order valence-electron chi connectivity index (χ2n) is 4.77. The van der Waals surface area contributed by atoms with Crippen molar-refractivity contribution in [1.82, 2.24) is 0 Å². The van der Waals surface area contributed by atoms with E-state index in [1.165, 1.54) is 32.0 Å². The summed E-state index contributed by atoms with van der Waals surface area (Å²) in [6.07, 6.45) is 0.218. The molecule has 0 aliphatic carbocycles. The molecule has 0 aliphatic heterocycles. The van der Waals surface area contributed by atoms with Gasteiger partial charge in [0.2, 0.25) is 0 Å². The minimum Gasteiger partial charge on any atom is -0.423 e. The quantitative estimate of drug-likeness (QED) is 0.349. The Bertz CT molecular complexity index is 655. The number of hydrogen-bond acceptors (Lipinski definition) is 5. The molecule has 1 aromatic rings. The molecule has 0 fully saturated rings. The summed E-state index contributed by atoms with van der Waals surface area (Å²) in [5.41, 5.74) is 0.623. The second-order valence-corrected chi connectivity index (χ2v) is 4.77. The normalized spacial score (nSPS) is 9.77. The number of rotatable bonds is 6. The summed E-state index contributed by atoms with van der Waals surface area (Å²) < 4.78 is 10.2. The maximum Gasteiger partial charge on any atom is 0.338 e. The van der Waals surface area contributed by atoms with Crippen molar-refractivity contribution in [2.24, 2.45) is 0 Å². The van der Waals surface area contributed by atoms with Crippen molar-refractivity contribution in [2.45, 2.75) is 27.2 Å². The summed E-state index contributed by atoms with van der Waals surface area (Å²) >= 11 is 0. The molecule has 0 N–H and O–H groups in total. The van der Waals surface area contributed by atoms with Crippen molar-refractivity contribution in [3.05, 3.63) is 48.1 Å². The van der Waals surface area contributed by atoms with E-state index in [1.54, 1.807) is 6.92 Å². The molecule has 0 aliphatic rings. The van der Waals surface area contributed by atoms with Crippen molar-refractivity contribution >= 4 is 17.7 Å². The van der Waals surface area contributed by atoms with Crippen molar-refractivity contribution < 1.29 is 23.9 Å². The van der Waals surface area contributed by atoms with Crippen molar-refractivity contribution in [3.63, 3.8) is 0 Å². The van der Waals surface area contributed by atoms with Gasteiger partial charge in [0.15, 0.2) is 5.78 Å². The van der Waals surface area contributed by atoms with Gasteiger partial charge < -0.3 is 9.47 Å². The number of esters is 2. The standard InChI is InChI=1S/C17H18O5/c1-6-14(18)13-9-12(21-16(19)10(2)3)7-8-15(13)22-17(20)11(4)5/h7-9H,2,4,6H2,1,3,5H3. The van der Waals surface area contributed by atoms with Gasteiger partial charge in [0.1, 0.15) is 11.5 Å². The Labute approximate surface area is 129 Å². The van der Waals surface area contributed by atoms with Crippen LogP contribution >= 0.6 is 0 Å². The summed E-state index contributed by atoms with van der Waals surface area (Å²) in [7, 11) is 0. The molecule has 0 saturated heterocycles. The van der Waals surface area contributed by atoms with Gasteiger partial charge in [-0.25, -0.2) is 9.59 Å². The molecule has 116 valence electrons. The Kier molecular flexibility index (Phi) is 5.81. The Balaban J connectivity index is 3.16. The fourth-order valence-corrected chi connectivity index (χ4v) is 1.45. The lowest BCUT2D eigenvalue weighted by atomic mass is 10.1. The lowest BCUT2D eigenvalue weighted by Gasteiger charge is -2.11. The molecular weight excluding hydrogens is 284 g/mol. The molecule has 0 saturated carbocycles. The van der Waals surface area contributed by atoms with Crippen LogP contribution in [-0.4, -0.2) is 17.7 Å². The molecule has 5 heteroatoms. The highest BCUT2D eigenvalue weighted by atomic mass is 16.5. The van der Waals surface area contributed by atoms with Crippen molar-refractivity contribution in [1.29, 1.82) is 0 Å². The largest absolute Gasteiger partial charge is 0.423 e. The zero-order chi connectivity index (χ0) is 16.9. The lowest BCUT2D eigenvalue weighted by molar-refractivity contribution is -0.131. The first-order valence-electron chi connectivity index (χ1n) is 6.68. The number of ketones is 1. The molecule has 5 nitrogen and oxygen atoms in total. The molecule has 1 rings (SSSR count). The fourth-order valence-electron chi connectivity index (χ4n) is 1.45. The van der Waals surface area contributed by atoms with Crippen LogP contribution in [0.25, 0.3) is 0 Å². The average molecular weight is 302 g/mol. The molecule has 0 radical (unpaired) electrons. The van der Waals surface area contributed by atoms with Gasteiger partial charge in [0.05, 0.1) is 5.56 Å². The summed E-state index contributed by atoms with van der Waals surface area (Å²) in [5.74, 6) is -1.17. The van der Waals surface area contributed by atoms with Gasteiger partial charge in [-0.1, -0.05) is 20.1 Å². The molecular formula is C17H18O5. The van der Waals surface area contributed by atoms with Crippen molar-refractivity contribution in [2.75, 3.05) is 0 Å². The summed E-state index contributed by atoms with van der Waals surface area (Å²) in [5, 5.41) is 0. The molecule has 22 heavy (non-hydrogen) atoms. The van der Waals surface area contributed by atoms with E-state index in [2.05, 4.69) is 13.2 Å². The van der Waals surface area contributed by atoms with Crippen LogP contribution in [0.3, 0.4) is 0 Å². The van der Waals surface area contributed by atoms with E-state index in [9.17, 15) is 14.4 Å². The number of benzene rings is 1. The third-order valence-electron chi connectivity index (χ3n) is 2.68. The molecule has 0 aromatic heterocycles. The molecule has 0 unspecified atom stereocenters. The monoisotopic (exact) mass is 302 g/mol. The predicted octanol–water partition coefficient (Wildman–Crippen LogP) is 3.24. The van der Waals surface area contributed by atoms with Gasteiger partial charge in [-0.05, 0) is 32.0 Å². The topological polar surface area (TPSA) is 69.7 Å². The Morgan fingerprint density at radius 1 is 1.00 bits per heavy atom. The first kappa shape index (κ1) is 17.4. The average Bonchev–Trinajstić information content (AvgIpc) is 2.47. The summed E-state index contributed by atoms with van der Waals surface area (Å²) in [4.78, 5) is 35.1. The van der Waals surface area contributed by atoms with E-state index in [1.807, 2.05) is 0 Å². The van der Waals surface area contributed by atoms with Gasteiger partial charge in [0.25, 0.3) is 0 Å². The maximum atomic E-state index is 12.0.